The molecule has 3 fully saturated rings. The number of nitriles is 1. The Kier molecular flexibility index (Phi) is 7.88. The summed E-state index contributed by atoms with van der Waals surface area (Å²) < 4.78 is 57.0. The van der Waals surface area contributed by atoms with Crippen molar-refractivity contribution in [3.8, 4) is 11.9 Å². The zero-order valence-corrected chi connectivity index (χ0v) is 24.3. The molecule has 1 unspecified atom stereocenters. The average molecular weight is 621 g/mol. The molecule has 45 heavy (non-hydrogen) atoms. The number of benzene rings is 2. The highest BCUT2D eigenvalue weighted by Gasteiger charge is 2.57. The molecule has 4 aromatic rings. The topological polar surface area (TPSA) is 148 Å². The molecule has 234 valence electrons. The van der Waals surface area contributed by atoms with E-state index in [9.17, 15) is 23.1 Å². The van der Waals surface area contributed by atoms with Crippen LogP contribution in [0.2, 0.25) is 0 Å². The van der Waals surface area contributed by atoms with Crippen molar-refractivity contribution in [1.29, 1.82) is 5.26 Å². The molecule has 13 heteroatoms. The van der Waals surface area contributed by atoms with Crippen LogP contribution in [0.5, 0.6) is 5.88 Å². The fourth-order valence-electron chi connectivity index (χ4n) is 6.44. The third-order valence-electron chi connectivity index (χ3n) is 9.19. The maximum atomic E-state index is 14.9. The van der Waals surface area contributed by atoms with E-state index in [1.165, 1.54) is 12.1 Å². The number of ether oxygens (including phenoxy) is 2. The van der Waals surface area contributed by atoms with Gasteiger partial charge >= 0.3 is 5.97 Å². The molecule has 1 spiro atoms. The van der Waals surface area contributed by atoms with Crippen LogP contribution in [-0.2, 0) is 17.9 Å². The fourth-order valence-corrected chi connectivity index (χ4v) is 6.44. The summed E-state index contributed by atoms with van der Waals surface area (Å²) in [7, 11) is 0. The number of aromatic carboxylic acids is 1. The lowest BCUT2D eigenvalue weighted by atomic mass is 9.90. The Morgan fingerprint density at radius 1 is 1.09 bits per heavy atom. The highest BCUT2D eigenvalue weighted by Crippen LogP contribution is 2.65. The number of imidazole rings is 1. The molecule has 3 aliphatic rings. The van der Waals surface area contributed by atoms with Crippen LogP contribution in [0.25, 0.3) is 11.0 Å². The number of halogens is 3. The molecule has 1 aliphatic carbocycles. The van der Waals surface area contributed by atoms with E-state index < -0.39 is 29.3 Å². The maximum Gasteiger partial charge on any atom is 0.335 e. The average Bonchev–Trinajstić information content (AvgIpc) is 3.56. The highest BCUT2D eigenvalue weighted by molar-refractivity contribution is 5.92. The van der Waals surface area contributed by atoms with Crippen LogP contribution in [-0.4, -0.2) is 51.4 Å². The van der Waals surface area contributed by atoms with Crippen molar-refractivity contribution in [2.45, 2.75) is 50.9 Å². The highest BCUT2D eigenvalue weighted by atomic mass is 19.1. The molecule has 7 rings (SSSR count). The third kappa shape index (κ3) is 5.55. The number of anilines is 1. The zero-order valence-electron chi connectivity index (χ0n) is 24.3. The monoisotopic (exact) mass is 620 g/mol. The Bertz CT molecular complexity index is 1830. The number of rotatable bonds is 8. The van der Waals surface area contributed by atoms with Gasteiger partial charge in [-0.25, -0.2) is 22.9 Å². The first-order chi connectivity index (χ1) is 21.2. The first-order valence-electron chi connectivity index (χ1n) is 14.5. The summed E-state index contributed by atoms with van der Waals surface area (Å²) in [6.45, 7) is 1.96. The number of aromatic nitrogens is 3. The van der Waals surface area contributed by atoms with Gasteiger partial charge in [-0.05, 0) is 61.4 Å². The van der Waals surface area contributed by atoms with Crippen LogP contribution < -0.4 is 15.8 Å². The minimum absolute atomic E-state index is 0. The fraction of sp³-hybridized carbons (Fsp3) is 0.375. The van der Waals surface area contributed by atoms with Gasteiger partial charge in [-0.2, -0.15) is 10.2 Å². The van der Waals surface area contributed by atoms with Gasteiger partial charge in [-0.1, -0.05) is 6.07 Å². The number of carboxylic acids is 1. The number of piperidine rings is 1. The second kappa shape index (κ2) is 11.7. The summed E-state index contributed by atoms with van der Waals surface area (Å²) in [5.74, 6) is -2.82. The SMILES string of the molecule is N.N#Cc1ccc(COc2nc(N3CCC4(CC3)CC4c3nc4ccc(C(=O)O)cc4n3C[C@@H]3CCO3)c(F)cc2F)c(F)c1. The van der Waals surface area contributed by atoms with Crippen molar-refractivity contribution in [1.82, 2.24) is 20.7 Å². The second-order valence-corrected chi connectivity index (χ2v) is 11.8. The normalized spacial score (nSPS) is 19.9. The molecule has 4 N–H and O–H groups in total. The summed E-state index contributed by atoms with van der Waals surface area (Å²) in [5, 5.41) is 18.5. The van der Waals surface area contributed by atoms with Gasteiger partial charge in [0.25, 0.3) is 5.88 Å². The van der Waals surface area contributed by atoms with Crippen molar-refractivity contribution in [3.05, 3.63) is 82.4 Å². The van der Waals surface area contributed by atoms with Crippen molar-refractivity contribution in [2.75, 3.05) is 24.6 Å². The molecule has 1 saturated carbocycles. The Morgan fingerprint density at radius 2 is 1.87 bits per heavy atom. The molecule has 2 saturated heterocycles. The van der Waals surface area contributed by atoms with E-state index in [0.717, 1.165) is 54.7 Å². The number of hydrogen-bond acceptors (Lipinski definition) is 8. The van der Waals surface area contributed by atoms with E-state index in [2.05, 4.69) is 9.55 Å². The molecule has 2 aromatic heterocycles. The van der Waals surface area contributed by atoms with Crippen LogP contribution in [0.3, 0.4) is 0 Å². The molecule has 2 atom stereocenters. The smallest absolute Gasteiger partial charge is 0.335 e. The molecule has 4 heterocycles. The van der Waals surface area contributed by atoms with E-state index in [1.807, 2.05) is 6.07 Å². The molecule has 10 nitrogen and oxygen atoms in total. The van der Waals surface area contributed by atoms with E-state index in [4.69, 9.17) is 19.7 Å². The summed E-state index contributed by atoms with van der Waals surface area (Å²) in [5.41, 5.74) is 1.96. The van der Waals surface area contributed by atoms with E-state index >= 15 is 0 Å². The number of fused-ring (bicyclic) bond motifs is 1. The predicted octanol–water partition coefficient (Wildman–Crippen LogP) is 5.72. The quantitative estimate of drug-likeness (QED) is 0.252. The standard InChI is InChI=1S/C32H28F3N5O4.H3N/c33-23-11-18(15-36)1-2-20(23)17-44-30-25(35)13-24(34)29(38-30)39-8-6-32(7-9-39)14-22(32)28-37-26-4-3-19(31(41)42)12-27(26)40(28)16-21-5-10-43-21;/h1-4,11-13,21-22H,5-10,14,16-17H2,(H,41,42);1H3/t21-,22?;/m0./s1. The number of pyridine rings is 1. The lowest BCUT2D eigenvalue weighted by molar-refractivity contribution is -0.0590. The van der Waals surface area contributed by atoms with Gasteiger partial charge in [0.15, 0.2) is 17.5 Å². The van der Waals surface area contributed by atoms with Crippen LogP contribution in [0.4, 0.5) is 19.0 Å². The van der Waals surface area contributed by atoms with Gasteiger partial charge in [0.05, 0.1) is 40.9 Å². The van der Waals surface area contributed by atoms with Crippen molar-refractivity contribution >= 4 is 22.8 Å². The second-order valence-electron chi connectivity index (χ2n) is 11.8. The van der Waals surface area contributed by atoms with Crippen LogP contribution in [0, 0.1) is 34.2 Å². The Balaban J connectivity index is 0.00000357. The lowest BCUT2D eigenvalue weighted by Crippen LogP contribution is -2.36. The van der Waals surface area contributed by atoms with Crippen molar-refractivity contribution < 1.29 is 32.5 Å². The van der Waals surface area contributed by atoms with Crippen LogP contribution in [0.1, 0.15) is 58.9 Å². The predicted molar refractivity (Wildman–Crippen MR) is 157 cm³/mol. The van der Waals surface area contributed by atoms with E-state index in [-0.39, 0.29) is 52.7 Å². The Hall–Kier alpha value is -4.67. The molecular weight excluding hydrogens is 589 g/mol. The van der Waals surface area contributed by atoms with Crippen molar-refractivity contribution in [3.63, 3.8) is 0 Å². The van der Waals surface area contributed by atoms with Gasteiger partial charge in [0, 0.05) is 37.2 Å². The zero-order chi connectivity index (χ0) is 30.6. The molecule has 0 amide bonds. The number of carbonyl (C=O) groups is 1. The minimum atomic E-state index is -0.993. The molecule has 2 aromatic carbocycles. The van der Waals surface area contributed by atoms with Crippen LogP contribution >= 0.6 is 0 Å². The number of nitrogens with zero attached hydrogens (tertiary/aromatic N) is 5. The maximum absolute atomic E-state index is 14.9. The van der Waals surface area contributed by atoms with Gasteiger partial charge in [0.1, 0.15) is 18.2 Å². The van der Waals surface area contributed by atoms with Crippen molar-refractivity contribution in [2.24, 2.45) is 5.41 Å². The first kappa shape index (κ1) is 30.4. The Morgan fingerprint density at radius 3 is 2.53 bits per heavy atom. The molecule has 0 bridgehead atoms. The largest absolute Gasteiger partial charge is 0.478 e. The summed E-state index contributed by atoms with van der Waals surface area (Å²) in [4.78, 5) is 22.5. The van der Waals surface area contributed by atoms with E-state index in [0.29, 0.717) is 26.2 Å². The van der Waals surface area contributed by atoms with Gasteiger partial charge < -0.3 is 30.2 Å². The lowest BCUT2D eigenvalue weighted by Gasteiger charge is -2.34. The van der Waals surface area contributed by atoms with E-state index in [1.54, 1.807) is 23.1 Å². The number of carboxylic acid groups (broad SMARTS) is 1. The summed E-state index contributed by atoms with van der Waals surface area (Å²) >= 11 is 0. The molecule has 2 aliphatic heterocycles. The minimum Gasteiger partial charge on any atom is -0.478 e. The number of hydrogen-bond donors (Lipinski definition) is 2. The molecule has 0 radical (unpaired) electrons. The third-order valence-corrected chi connectivity index (χ3v) is 9.19. The Labute approximate surface area is 256 Å². The summed E-state index contributed by atoms with van der Waals surface area (Å²) in [6, 6.07) is 11.4. The first-order valence-corrected chi connectivity index (χ1v) is 14.5. The van der Waals surface area contributed by atoms with Gasteiger partial charge in [0.2, 0.25) is 0 Å². The summed E-state index contributed by atoms with van der Waals surface area (Å²) in [6.07, 6.45) is 3.39. The van der Waals surface area contributed by atoms with Gasteiger partial charge in [-0.15, -0.1) is 0 Å². The van der Waals surface area contributed by atoms with Gasteiger partial charge in [-0.3, -0.25) is 0 Å². The van der Waals surface area contributed by atoms with Crippen LogP contribution in [0.15, 0.2) is 42.5 Å². The molecular formula is C32H31F3N6O4.